The first-order valence-electron chi connectivity index (χ1n) is 5.19. The molecule has 0 aliphatic carbocycles. The fourth-order valence-electron chi connectivity index (χ4n) is 1.75. The van der Waals surface area contributed by atoms with E-state index < -0.39 is 0 Å². The van der Waals surface area contributed by atoms with Crippen LogP contribution in [0.1, 0.15) is 25.0 Å². The molecule has 0 aliphatic rings. The molecule has 78 valence electrons. The predicted molar refractivity (Wildman–Crippen MR) is 60.0 cm³/mol. The molecule has 2 nitrogen and oxygen atoms in total. The van der Waals surface area contributed by atoms with Gasteiger partial charge in [0.05, 0.1) is 6.26 Å². The van der Waals surface area contributed by atoms with Crippen molar-refractivity contribution in [2.75, 3.05) is 0 Å². The van der Waals surface area contributed by atoms with Crippen molar-refractivity contribution in [1.29, 1.82) is 0 Å². The number of aryl methyl sites for hydroxylation is 1. The van der Waals surface area contributed by atoms with E-state index in [1.807, 2.05) is 12.1 Å². The van der Waals surface area contributed by atoms with Gasteiger partial charge in [0.25, 0.3) is 0 Å². The van der Waals surface area contributed by atoms with E-state index in [1.54, 1.807) is 13.2 Å². The van der Waals surface area contributed by atoms with Gasteiger partial charge in [-0.1, -0.05) is 19.1 Å². The lowest BCUT2D eigenvalue weighted by molar-refractivity contribution is -0.116. The van der Waals surface area contributed by atoms with Crippen LogP contribution in [0.3, 0.4) is 0 Å². The summed E-state index contributed by atoms with van der Waals surface area (Å²) in [6.45, 7) is 3.71. The number of benzene rings is 1. The molecule has 0 radical (unpaired) electrons. The van der Waals surface area contributed by atoms with Crippen LogP contribution in [0, 0.1) is 0 Å². The Hall–Kier alpha value is -1.57. The standard InChI is InChI=1S/C13H14O2/c1-3-10-4-5-12-11(6-9(2)14)8-15-13(12)7-10/h4-5,7-8H,3,6H2,1-2H3. The number of carbonyl (C=O) groups excluding carboxylic acids is 1. The molecular formula is C13H14O2. The molecule has 1 heterocycles. The number of fused-ring (bicyclic) bond motifs is 1. The molecule has 0 bridgehead atoms. The molecule has 15 heavy (non-hydrogen) atoms. The van der Waals surface area contributed by atoms with Crippen LogP contribution in [-0.4, -0.2) is 5.78 Å². The van der Waals surface area contributed by atoms with Gasteiger partial charge in [-0.25, -0.2) is 0 Å². The first kappa shape index (κ1) is 9.97. The molecule has 1 aromatic carbocycles. The SMILES string of the molecule is CCc1ccc2c(CC(C)=O)coc2c1. The monoisotopic (exact) mass is 202 g/mol. The maximum Gasteiger partial charge on any atom is 0.134 e. The number of Topliss-reactive ketones (excluding diaryl/α,β-unsaturated/α-hetero) is 1. The Morgan fingerprint density at radius 2 is 2.20 bits per heavy atom. The van der Waals surface area contributed by atoms with Crippen LogP contribution in [0.2, 0.25) is 0 Å². The Morgan fingerprint density at radius 3 is 2.87 bits per heavy atom. The fraction of sp³-hybridized carbons (Fsp3) is 0.308. The number of hydrogen-bond donors (Lipinski definition) is 0. The Kier molecular flexibility index (Phi) is 2.58. The van der Waals surface area contributed by atoms with Crippen LogP contribution < -0.4 is 0 Å². The minimum absolute atomic E-state index is 0.164. The van der Waals surface area contributed by atoms with Crippen molar-refractivity contribution in [3.63, 3.8) is 0 Å². The van der Waals surface area contributed by atoms with Gasteiger partial charge in [-0.15, -0.1) is 0 Å². The van der Waals surface area contributed by atoms with Crippen LogP contribution in [0.5, 0.6) is 0 Å². The maximum atomic E-state index is 11.0. The summed E-state index contributed by atoms with van der Waals surface area (Å²) in [6.07, 6.45) is 3.14. The second-order valence-corrected chi connectivity index (χ2v) is 3.82. The topological polar surface area (TPSA) is 30.2 Å². The molecule has 2 aromatic rings. The molecule has 0 saturated heterocycles. The molecular weight excluding hydrogens is 188 g/mol. The van der Waals surface area contributed by atoms with Crippen LogP contribution in [0.15, 0.2) is 28.9 Å². The van der Waals surface area contributed by atoms with E-state index >= 15 is 0 Å². The van der Waals surface area contributed by atoms with Crippen LogP contribution in [0.4, 0.5) is 0 Å². The molecule has 0 atom stereocenters. The molecule has 1 aromatic heterocycles. The van der Waals surface area contributed by atoms with Crippen molar-refractivity contribution in [3.05, 3.63) is 35.6 Å². The summed E-state index contributed by atoms with van der Waals surface area (Å²) in [5.74, 6) is 0.164. The average Bonchev–Trinajstić information content (AvgIpc) is 2.60. The number of ketones is 1. The normalized spacial score (nSPS) is 10.8. The Balaban J connectivity index is 2.47. The molecule has 0 amide bonds. The van der Waals surface area contributed by atoms with E-state index in [0.717, 1.165) is 23.0 Å². The van der Waals surface area contributed by atoms with Crippen molar-refractivity contribution in [1.82, 2.24) is 0 Å². The van der Waals surface area contributed by atoms with Gasteiger partial charge >= 0.3 is 0 Å². The fourth-order valence-corrected chi connectivity index (χ4v) is 1.75. The molecule has 0 spiro atoms. The number of carbonyl (C=O) groups is 1. The lowest BCUT2D eigenvalue weighted by atomic mass is 10.1. The zero-order valence-corrected chi connectivity index (χ0v) is 9.04. The minimum Gasteiger partial charge on any atom is -0.464 e. The Morgan fingerprint density at radius 1 is 1.40 bits per heavy atom. The number of hydrogen-bond acceptors (Lipinski definition) is 2. The first-order valence-corrected chi connectivity index (χ1v) is 5.19. The number of rotatable bonds is 3. The minimum atomic E-state index is 0.164. The summed E-state index contributed by atoms with van der Waals surface area (Å²) in [6, 6.07) is 6.16. The highest BCUT2D eigenvalue weighted by Gasteiger charge is 2.07. The van der Waals surface area contributed by atoms with Crippen molar-refractivity contribution in [3.8, 4) is 0 Å². The Bertz CT molecular complexity index is 494. The van der Waals surface area contributed by atoms with Gasteiger partial charge in [-0.3, -0.25) is 4.79 Å². The summed E-state index contributed by atoms with van der Waals surface area (Å²) >= 11 is 0. The third-order valence-electron chi connectivity index (χ3n) is 2.57. The van der Waals surface area contributed by atoms with E-state index in [1.165, 1.54) is 5.56 Å². The van der Waals surface area contributed by atoms with Crippen molar-refractivity contribution < 1.29 is 9.21 Å². The maximum absolute atomic E-state index is 11.0. The van der Waals surface area contributed by atoms with E-state index in [-0.39, 0.29) is 5.78 Å². The lowest BCUT2D eigenvalue weighted by Crippen LogP contribution is -1.94. The van der Waals surface area contributed by atoms with E-state index in [9.17, 15) is 4.79 Å². The van der Waals surface area contributed by atoms with Gasteiger partial charge in [0.15, 0.2) is 0 Å². The van der Waals surface area contributed by atoms with Crippen molar-refractivity contribution in [2.24, 2.45) is 0 Å². The highest BCUT2D eigenvalue weighted by molar-refractivity contribution is 5.87. The summed E-state index contributed by atoms with van der Waals surface area (Å²) in [7, 11) is 0. The predicted octanol–water partition coefficient (Wildman–Crippen LogP) is 3.13. The van der Waals surface area contributed by atoms with Gasteiger partial charge in [0.2, 0.25) is 0 Å². The third kappa shape index (κ3) is 1.94. The summed E-state index contributed by atoms with van der Waals surface area (Å²) < 4.78 is 5.44. The second-order valence-electron chi connectivity index (χ2n) is 3.82. The summed E-state index contributed by atoms with van der Waals surface area (Å²) in [5.41, 5.74) is 3.12. The molecule has 0 N–H and O–H groups in total. The molecule has 2 rings (SSSR count). The van der Waals surface area contributed by atoms with Gasteiger partial charge in [0.1, 0.15) is 11.4 Å². The Labute approximate surface area is 88.9 Å². The summed E-state index contributed by atoms with van der Waals surface area (Å²) in [5, 5.41) is 1.06. The zero-order valence-electron chi connectivity index (χ0n) is 9.04. The lowest BCUT2D eigenvalue weighted by Gasteiger charge is -1.96. The smallest absolute Gasteiger partial charge is 0.134 e. The van der Waals surface area contributed by atoms with Crippen molar-refractivity contribution in [2.45, 2.75) is 26.7 Å². The van der Waals surface area contributed by atoms with Gasteiger partial charge < -0.3 is 4.42 Å². The highest BCUT2D eigenvalue weighted by Crippen LogP contribution is 2.23. The van der Waals surface area contributed by atoms with E-state index in [0.29, 0.717) is 6.42 Å². The zero-order chi connectivity index (χ0) is 10.8. The average molecular weight is 202 g/mol. The second kappa shape index (κ2) is 3.89. The van der Waals surface area contributed by atoms with Crippen LogP contribution in [-0.2, 0) is 17.6 Å². The van der Waals surface area contributed by atoms with E-state index in [2.05, 4.69) is 13.0 Å². The van der Waals surface area contributed by atoms with Crippen LogP contribution >= 0.6 is 0 Å². The molecule has 0 fully saturated rings. The molecule has 0 unspecified atom stereocenters. The van der Waals surface area contributed by atoms with Gasteiger partial charge in [0, 0.05) is 17.4 Å². The summed E-state index contributed by atoms with van der Waals surface area (Å²) in [4.78, 5) is 11.0. The largest absolute Gasteiger partial charge is 0.464 e. The highest BCUT2D eigenvalue weighted by atomic mass is 16.3. The van der Waals surface area contributed by atoms with Gasteiger partial charge in [-0.05, 0) is 25.0 Å². The quantitative estimate of drug-likeness (QED) is 0.765. The number of furan rings is 1. The molecule has 2 heteroatoms. The molecule has 0 saturated carbocycles. The van der Waals surface area contributed by atoms with Gasteiger partial charge in [-0.2, -0.15) is 0 Å². The van der Waals surface area contributed by atoms with Crippen LogP contribution in [0.25, 0.3) is 11.0 Å². The third-order valence-corrected chi connectivity index (χ3v) is 2.57. The van der Waals surface area contributed by atoms with E-state index in [4.69, 9.17) is 4.42 Å². The molecule has 0 aliphatic heterocycles. The van der Waals surface area contributed by atoms with Crippen molar-refractivity contribution >= 4 is 16.8 Å². The first-order chi connectivity index (χ1) is 7.20.